The standard InChI is InChI=1S/C13H19N5S/c1-7(2)18-12(11(14)10(5)17-18)19-13-15-8(3)6-9(4)16-13/h6-7H,14H2,1-5H3. The Morgan fingerprint density at radius 1 is 1.16 bits per heavy atom. The normalized spacial score (nSPS) is 11.3. The maximum Gasteiger partial charge on any atom is 0.194 e. The number of aromatic nitrogens is 4. The topological polar surface area (TPSA) is 69.6 Å². The van der Waals surface area contributed by atoms with E-state index in [0.29, 0.717) is 10.8 Å². The number of nitrogens with two attached hydrogens (primary N) is 1. The zero-order valence-electron chi connectivity index (χ0n) is 11.9. The van der Waals surface area contributed by atoms with E-state index in [0.717, 1.165) is 22.1 Å². The molecule has 0 aliphatic carbocycles. The summed E-state index contributed by atoms with van der Waals surface area (Å²) in [5.74, 6) is 0. The first kappa shape index (κ1) is 13.9. The van der Waals surface area contributed by atoms with E-state index in [4.69, 9.17) is 5.73 Å². The summed E-state index contributed by atoms with van der Waals surface area (Å²) >= 11 is 1.47. The van der Waals surface area contributed by atoms with E-state index in [9.17, 15) is 0 Å². The lowest BCUT2D eigenvalue weighted by Crippen LogP contribution is -2.05. The molecular weight excluding hydrogens is 258 g/mol. The molecule has 102 valence electrons. The van der Waals surface area contributed by atoms with Gasteiger partial charge in [0.15, 0.2) is 5.16 Å². The fraction of sp³-hybridized carbons (Fsp3) is 0.462. The molecule has 5 nitrogen and oxygen atoms in total. The third kappa shape index (κ3) is 2.89. The Morgan fingerprint density at radius 2 is 1.74 bits per heavy atom. The maximum atomic E-state index is 6.11. The van der Waals surface area contributed by atoms with E-state index in [1.54, 1.807) is 0 Å². The van der Waals surface area contributed by atoms with Gasteiger partial charge in [-0.05, 0) is 52.4 Å². The highest BCUT2D eigenvalue weighted by Crippen LogP contribution is 2.33. The van der Waals surface area contributed by atoms with Gasteiger partial charge in [-0.2, -0.15) is 5.10 Å². The summed E-state index contributed by atoms with van der Waals surface area (Å²) in [4.78, 5) is 8.87. The Kier molecular flexibility index (Phi) is 3.80. The lowest BCUT2D eigenvalue weighted by atomic mass is 10.4. The van der Waals surface area contributed by atoms with Gasteiger partial charge in [0.25, 0.3) is 0 Å². The molecule has 0 unspecified atom stereocenters. The van der Waals surface area contributed by atoms with Crippen LogP contribution in [0.2, 0.25) is 0 Å². The molecule has 0 amide bonds. The summed E-state index contributed by atoms with van der Waals surface area (Å²) in [7, 11) is 0. The number of hydrogen-bond donors (Lipinski definition) is 1. The number of hydrogen-bond acceptors (Lipinski definition) is 5. The lowest BCUT2D eigenvalue weighted by molar-refractivity contribution is 0.491. The summed E-state index contributed by atoms with van der Waals surface area (Å²) in [6, 6.07) is 2.21. The molecule has 0 bridgehead atoms. The number of nitrogen functional groups attached to an aromatic ring is 1. The molecule has 2 heterocycles. The molecule has 0 saturated heterocycles. The molecule has 2 aromatic heterocycles. The van der Waals surface area contributed by atoms with Crippen LogP contribution in [0.15, 0.2) is 16.2 Å². The minimum Gasteiger partial charge on any atom is -0.395 e. The molecule has 0 saturated carbocycles. The van der Waals surface area contributed by atoms with Crippen molar-refractivity contribution in [2.75, 3.05) is 5.73 Å². The maximum absolute atomic E-state index is 6.11. The highest BCUT2D eigenvalue weighted by molar-refractivity contribution is 7.99. The molecular formula is C13H19N5S. The van der Waals surface area contributed by atoms with Gasteiger partial charge in [-0.1, -0.05) is 0 Å². The van der Waals surface area contributed by atoms with Crippen molar-refractivity contribution in [3.8, 4) is 0 Å². The first-order chi connectivity index (χ1) is 8.88. The summed E-state index contributed by atoms with van der Waals surface area (Å²) in [5, 5.41) is 6.09. The Balaban J connectivity index is 2.42. The highest BCUT2D eigenvalue weighted by atomic mass is 32.2. The van der Waals surface area contributed by atoms with Crippen molar-refractivity contribution in [1.29, 1.82) is 0 Å². The van der Waals surface area contributed by atoms with Crippen molar-refractivity contribution in [2.45, 2.75) is 50.8 Å². The molecule has 0 radical (unpaired) electrons. The van der Waals surface area contributed by atoms with E-state index in [1.165, 1.54) is 11.8 Å². The molecule has 0 aliphatic rings. The van der Waals surface area contributed by atoms with Crippen LogP contribution in [0.5, 0.6) is 0 Å². The summed E-state index contributed by atoms with van der Waals surface area (Å²) in [6.07, 6.45) is 0. The second-order valence-electron chi connectivity index (χ2n) is 4.88. The quantitative estimate of drug-likeness (QED) is 0.874. The fourth-order valence-corrected chi connectivity index (χ4v) is 2.97. The van der Waals surface area contributed by atoms with E-state index in [-0.39, 0.29) is 6.04 Å². The van der Waals surface area contributed by atoms with Gasteiger partial charge < -0.3 is 5.73 Å². The molecule has 0 aromatic carbocycles. The largest absolute Gasteiger partial charge is 0.395 e. The van der Waals surface area contributed by atoms with Gasteiger partial charge in [-0.25, -0.2) is 9.97 Å². The number of nitrogens with zero attached hydrogens (tertiary/aromatic N) is 4. The predicted octanol–water partition coefficient (Wildman–Crippen LogP) is 2.91. The minimum atomic E-state index is 0.254. The van der Waals surface area contributed by atoms with Gasteiger partial charge in [0.1, 0.15) is 5.03 Å². The Hall–Kier alpha value is -1.56. The number of anilines is 1. The molecule has 2 N–H and O–H groups in total. The first-order valence-electron chi connectivity index (χ1n) is 6.23. The third-order valence-corrected chi connectivity index (χ3v) is 3.69. The zero-order valence-corrected chi connectivity index (χ0v) is 12.7. The summed E-state index contributed by atoms with van der Waals surface area (Å²) < 4.78 is 1.93. The summed E-state index contributed by atoms with van der Waals surface area (Å²) in [6.45, 7) is 10.0. The third-order valence-electron chi connectivity index (χ3n) is 2.72. The van der Waals surface area contributed by atoms with Crippen molar-refractivity contribution in [3.05, 3.63) is 23.1 Å². The van der Waals surface area contributed by atoms with Crippen LogP contribution in [0, 0.1) is 20.8 Å². The van der Waals surface area contributed by atoms with Crippen LogP contribution in [0.1, 0.15) is 37.0 Å². The second-order valence-corrected chi connectivity index (χ2v) is 5.83. The van der Waals surface area contributed by atoms with Crippen molar-refractivity contribution in [2.24, 2.45) is 0 Å². The van der Waals surface area contributed by atoms with Crippen molar-refractivity contribution in [1.82, 2.24) is 19.7 Å². The SMILES string of the molecule is Cc1cc(C)nc(Sc2c(N)c(C)nn2C(C)C)n1. The molecule has 2 rings (SSSR count). The van der Waals surface area contributed by atoms with E-state index < -0.39 is 0 Å². The van der Waals surface area contributed by atoms with Gasteiger partial charge in [0.05, 0.1) is 11.4 Å². The van der Waals surface area contributed by atoms with Crippen LogP contribution < -0.4 is 5.73 Å². The van der Waals surface area contributed by atoms with Crippen LogP contribution in [0.4, 0.5) is 5.69 Å². The van der Waals surface area contributed by atoms with Crippen molar-refractivity contribution in [3.63, 3.8) is 0 Å². The average molecular weight is 277 g/mol. The van der Waals surface area contributed by atoms with Crippen LogP contribution >= 0.6 is 11.8 Å². The number of rotatable bonds is 3. The molecule has 19 heavy (non-hydrogen) atoms. The monoisotopic (exact) mass is 277 g/mol. The highest BCUT2D eigenvalue weighted by Gasteiger charge is 2.17. The smallest absolute Gasteiger partial charge is 0.194 e. The average Bonchev–Trinajstić information content (AvgIpc) is 2.56. The Bertz CT molecular complexity index is 583. The molecule has 2 aromatic rings. The van der Waals surface area contributed by atoms with Crippen LogP contribution in [0.25, 0.3) is 0 Å². The van der Waals surface area contributed by atoms with Crippen LogP contribution in [0.3, 0.4) is 0 Å². The van der Waals surface area contributed by atoms with E-state index in [1.807, 2.05) is 31.5 Å². The molecule has 0 atom stereocenters. The zero-order chi connectivity index (χ0) is 14.2. The summed E-state index contributed by atoms with van der Waals surface area (Å²) in [5.41, 5.74) is 9.58. The molecule has 0 aliphatic heterocycles. The van der Waals surface area contributed by atoms with Crippen LogP contribution in [-0.4, -0.2) is 19.7 Å². The molecule has 6 heteroatoms. The van der Waals surface area contributed by atoms with Gasteiger partial charge in [-0.15, -0.1) is 0 Å². The lowest BCUT2D eigenvalue weighted by Gasteiger charge is -2.10. The van der Waals surface area contributed by atoms with E-state index in [2.05, 4.69) is 28.9 Å². The van der Waals surface area contributed by atoms with Crippen molar-refractivity contribution >= 4 is 17.4 Å². The fourth-order valence-electron chi connectivity index (χ4n) is 1.82. The first-order valence-corrected chi connectivity index (χ1v) is 7.05. The van der Waals surface area contributed by atoms with Crippen LogP contribution in [-0.2, 0) is 0 Å². The predicted molar refractivity (Wildman–Crippen MR) is 77.4 cm³/mol. The second kappa shape index (κ2) is 5.21. The van der Waals surface area contributed by atoms with Gasteiger partial charge >= 0.3 is 0 Å². The molecule has 0 fully saturated rings. The molecule has 0 spiro atoms. The van der Waals surface area contributed by atoms with Gasteiger partial charge in [-0.3, -0.25) is 4.68 Å². The minimum absolute atomic E-state index is 0.254. The van der Waals surface area contributed by atoms with E-state index >= 15 is 0 Å². The Labute approximate surface area is 117 Å². The van der Waals surface area contributed by atoms with Crippen molar-refractivity contribution < 1.29 is 0 Å². The number of aryl methyl sites for hydroxylation is 3. The Morgan fingerprint density at radius 3 is 2.26 bits per heavy atom. The van der Waals surface area contributed by atoms with Gasteiger partial charge in [0, 0.05) is 17.4 Å². The van der Waals surface area contributed by atoms with Gasteiger partial charge in [0.2, 0.25) is 0 Å².